The predicted octanol–water partition coefficient (Wildman–Crippen LogP) is 3.26. The van der Waals surface area contributed by atoms with Gasteiger partial charge < -0.3 is 0 Å². The molecule has 0 radical (unpaired) electrons. The van der Waals surface area contributed by atoms with Gasteiger partial charge >= 0.3 is 0 Å². The fourth-order valence-corrected chi connectivity index (χ4v) is 1.74. The second-order valence-electron chi connectivity index (χ2n) is 4.49. The first-order chi connectivity index (χ1) is 9.74. The maximum atomic E-state index is 11.6. The zero-order valence-electron chi connectivity index (χ0n) is 11.4. The summed E-state index contributed by atoms with van der Waals surface area (Å²) in [5.74, 6) is -0.276. The number of rotatable bonds is 5. The average molecular weight is 267 g/mol. The van der Waals surface area contributed by atoms with Crippen LogP contribution in [0.4, 0.5) is 0 Å². The first-order valence-corrected chi connectivity index (χ1v) is 6.44. The van der Waals surface area contributed by atoms with E-state index >= 15 is 0 Å². The zero-order chi connectivity index (χ0) is 14.2. The Hall–Kier alpha value is -2.39. The Bertz CT molecular complexity index is 591. The van der Waals surface area contributed by atoms with Crippen LogP contribution in [0.5, 0.6) is 0 Å². The van der Waals surface area contributed by atoms with E-state index in [1.807, 2.05) is 61.5 Å². The molecule has 1 amide bonds. The van der Waals surface area contributed by atoms with E-state index in [1.54, 1.807) is 6.08 Å². The van der Waals surface area contributed by atoms with Crippen molar-refractivity contribution in [1.29, 1.82) is 0 Å². The molecule has 0 spiro atoms. The van der Waals surface area contributed by atoms with Crippen LogP contribution in [-0.4, -0.2) is 5.91 Å². The van der Waals surface area contributed by atoms with Crippen molar-refractivity contribution in [3.63, 3.8) is 0 Å². The van der Waals surface area contributed by atoms with Gasteiger partial charge in [0.2, 0.25) is 0 Å². The van der Waals surface area contributed by atoms with Gasteiger partial charge in [0.15, 0.2) is 0 Å². The first kappa shape index (κ1) is 14.0. The number of carbonyl (C=O) groups excluding carboxylic acids is 1. The molecule has 2 aromatic rings. The fourth-order valence-electron chi connectivity index (χ4n) is 1.74. The molecular weight excluding hydrogens is 250 g/mol. The predicted molar refractivity (Wildman–Crippen MR) is 79.6 cm³/mol. The third-order valence-electron chi connectivity index (χ3n) is 2.72. The number of hydroxylamine groups is 1. The van der Waals surface area contributed by atoms with Gasteiger partial charge in [0, 0.05) is 6.08 Å². The maximum absolute atomic E-state index is 11.6. The van der Waals surface area contributed by atoms with E-state index in [4.69, 9.17) is 4.84 Å². The summed E-state index contributed by atoms with van der Waals surface area (Å²) in [5.41, 5.74) is 5.55. The molecule has 3 nitrogen and oxygen atoms in total. The Morgan fingerprint density at radius 1 is 1.15 bits per heavy atom. The molecule has 2 rings (SSSR count). The van der Waals surface area contributed by atoms with Crippen LogP contribution in [0.2, 0.25) is 0 Å². The lowest BCUT2D eigenvalue weighted by Crippen LogP contribution is -2.21. The number of amides is 1. The van der Waals surface area contributed by atoms with E-state index in [2.05, 4.69) is 5.48 Å². The van der Waals surface area contributed by atoms with Crippen LogP contribution in [0.15, 0.2) is 60.7 Å². The van der Waals surface area contributed by atoms with Crippen LogP contribution in [-0.2, 0) is 16.2 Å². The SMILES string of the molecule is Cc1cccc(C=CC(=O)NOCc2ccccc2)c1. The van der Waals surface area contributed by atoms with Crippen molar-refractivity contribution in [2.24, 2.45) is 0 Å². The number of aryl methyl sites for hydroxylation is 1. The molecule has 0 fully saturated rings. The smallest absolute Gasteiger partial charge is 0.267 e. The molecule has 0 bridgehead atoms. The number of benzene rings is 2. The molecular formula is C17H17NO2. The van der Waals surface area contributed by atoms with Crippen LogP contribution in [0.1, 0.15) is 16.7 Å². The molecule has 102 valence electrons. The zero-order valence-corrected chi connectivity index (χ0v) is 11.4. The number of hydrogen-bond acceptors (Lipinski definition) is 2. The average Bonchev–Trinajstić information content (AvgIpc) is 2.46. The summed E-state index contributed by atoms with van der Waals surface area (Å²) in [4.78, 5) is 16.7. The van der Waals surface area contributed by atoms with Gasteiger partial charge in [-0.2, -0.15) is 0 Å². The third kappa shape index (κ3) is 4.71. The van der Waals surface area contributed by atoms with Crippen molar-refractivity contribution in [2.75, 3.05) is 0 Å². The molecule has 0 saturated carbocycles. The van der Waals surface area contributed by atoms with E-state index in [-0.39, 0.29) is 5.91 Å². The highest BCUT2D eigenvalue weighted by atomic mass is 16.6. The Morgan fingerprint density at radius 3 is 2.70 bits per heavy atom. The quantitative estimate of drug-likeness (QED) is 0.667. The lowest BCUT2D eigenvalue weighted by Gasteiger charge is -2.03. The second kappa shape index (κ2) is 7.26. The van der Waals surface area contributed by atoms with Crippen LogP contribution in [0, 0.1) is 6.92 Å². The van der Waals surface area contributed by atoms with Crippen molar-refractivity contribution in [3.8, 4) is 0 Å². The molecule has 2 aromatic carbocycles. The fraction of sp³-hybridized carbons (Fsp3) is 0.118. The highest BCUT2D eigenvalue weighted by molar-refractivity contribution is 5.90. The summed E-state index contributed by atoms with van der Waals surface area (Å²) in [5, 5.41) is 0. The van der Waals surface area contributed by atoms with Gasteiger partial charge in [-0.3, -0.25) is 9.63 Å². The molecule has 0 heterocycles. The Kier molecular flexibility index (Phi) is 5.09. The first-order valence-electron chi connectivity index (χ1n) is 6.44. The van der Waals surface area contributed by atoms with Crippen molar-refractivity contribution >= 4 is 12.0 Å². The minimum Gasteiger partial charge on any atom is -0.269 e. The number of carbonyl (C=O) groups is 1. The van der Waals surface area contributed by atoms with Gasteiger partial charge in [-0.25, -0.2) is 5.48 Å². The van der Waals surface area contributed by atoms with Gasteiger partial charge in [-0.05, 0) is 24.1 Å². The van der Waals surface area contributed by atoms with Crippen molar-refractivity contribution in [3.05, 3.63) is 77.4 Å². The summed E-state index contributed by atoms with van der Waals surface area (Å²) in [6.45, 7) is 2.37. The Balaban J connectivity index is 1.78. The standard InChI is InChI=1S/C17H17NO2/c1-14-6-5-9-15(12-14)10-11-17(19)18-20-13-16-7-3-2-4-8-16/h2-12H,13H2,1H3,(H,18,19). The van der Waals surface area contributed by atoms with Gasteiger partial charge in [-0.1, -0.05) is 60.2 Å². The lowest BCUT2D eigenvalue weighted by molar-refractivity contribution is -0.129. The van der Waals surface area contributed by atoms with Crippen LogP contribution in [0.3, 0.4) is 0 Å². The molecule has 3 heteroatoms. The van der Waals surface area contributed by atoms with E-state index in [9.17, 15) is 4.79 Å². The Labute approximate surface area is 118 Å². The largest absolute Gasteiger partial charge is 0.269 e. The molecule has 0 aliphatic carbocycles. The molecule has 0 aromatic heterocycles. The number of nitrogens with one attached hydrogen (secondary N) is 1. The van der Waals surface area contributed by atoms with Crippen molar-refractivity contribution in [2.45, 2.75) is 13.5 Å². The third-order valence-corrected chi connectivity index (χ3v) is 2.72. The van der Waals surface area contributed by atoms with Gasteiger partial charge in [0.1, 0.15) is 0 Å². The van der Waals surface area contributed by atoms with Crippen LogP contribution >= 0.6 is 0 Å². The highest BCUT2D eigenvalue weighted by Crippen LogP contribution is 2.05. The highest BCUT2D eigenvalue weighted by Gasteiger charge is 1.96. The minimum absolute atomic E-state index is 0.276. The second-order valence-corrected chi connectivity index (χ2v) is 4.49. The van der Waals surface area contributed by atoms with E-state index in [0.717, 1.165) is 16.7 Å². The molecule has 0 aliphatic heterocycles. The van der Waals surface area contributed by atoms with Gasteiger partial charge in [0.05, 0.1) is 6.61 Å². The normalized spacial score (nSPS) is 10.7. The van der Waals surface area contributed by atoms with Crippen LogP contribution < -0.4 is 5.48 Å². The topological polar surface area (TPSA) is 38.3 Å². The number of hydrogen-bond donors (Lipinski definition) is 1. The molecule has 0 saturated heterocycles. The molecule has 20 heavy (non-hydrogen) atoms. The van der Waals surface area contributed by atoms with Crippen molar-refractivity contribution in [1.82, 2.24) is 5.48 Å². The lowest BCUT2D eigenvalue weighted by atomic mass is 10.1. The van der Waals surface area contributed by atoms with Crippen molar-refractivity contribution < 1.29 is 9.63 Å². The van der Waals surface area contributed by atoms with Gasteiger partial charge in [-0.15, -0.1) is 0 Å². The monoisotopic (exact) mass is 267 g/mol. The van der Waals surface area contributed by atoms with Crippen LogP contribution in [0.25, 0.3) is 6.08 Å². The molecule has 0 atom stereocenters. The minimum atomic E-state index is -0.276. The molecule has 0 unspecified atom stereocenters. The Morgan fingerprint density at radius 2 is 1.95 bits per heavy atom. The van der Waals surface area contributed by atoms with E-state index in [1.165, 1.54) is 6.08 Å². The van der Waals surface area contributed by atoms with E-state index < -0.39 is 0 Å². The molecule has 0 aliphatic rings. The van der Waals surface area contributed by atoms with E-state index in [0.29, 0.717) is 6.61 Å². The summed E-state index contributed by atoms with van der Waals surface area (Å²) in [6.07, 6.45) is 3.22. The summed E-state index contributed by atoms with van der Waals surface area (Å²) >= 11 is 0. The maximum Gasteiger partial charge on any atom is 0.267 e. The molecule has 1 N–H and O–H groups in total. The summed E-state index contributed by atoms with van der Waals surface area (Å²) in [6, 6.07) is 17.6. The van der Waals surface area contributed by atoms with Gasteiger partial charge in [0.25, 0.3) is 5.91 Å². The summed E-state index contributed by atoms with van der Waals surface area (Å²) in [7, 11) is 0. The summed E-state index contributed by atoms with van der Waals surface area (Å²) < 4.78 is 0.